The molecule has 1 saturated carbocycles. The minimum atomic E-state index is -1.38. The Labute approximate surface area is 832 Å². The quantitative estimate of drug-likeness (QED) is 0.0148. The summed E-state index contributed by atoms with van der Waals surface area (Å²) in [5.74, 6) is -13.8. The molecule has 4 rings (SSSR count). The average molecular weight is 2010 g/mol. The van der Waals surface area contributed by atoms with Crippen molar-refractivity contribution in [1.82, 2.24) is 0 Å². The number of carbonyl (C=O) groups is 22. The van der Waals surface area contributed by atoms with Crippen molar-refractivity contribution in [3.8, 4) is 0 Å². The summed E-state index contributed by atoms with van der Waals surface area (Å²) < 4.78 is 15.1. The highest BCUT2D eigenvalue weighted by atomic mass is 16.6. The van der Waals surface area contributed by atoms with E-state index < -0.39 is 121 Å². The Balaban J connectivity index is -0.000000363. The number of benzene rings is 3. The van der Waals surface area contributed by atoms with Crippen LogP contribution in [-0.4, -0.2) is 230 Å². The van der Waals surface area contributed by atoms with Gasteiger partial charge in [0.25, 0.3) is 0 Å². The fourth-order valence-corrected chi connectivity index (χ4v) is 10.1. The third-order valence-electron chi connectivity index (χ3n) is 19.1. The van der Waals surface area contributed by atoms with Crippen LogP contribution in [0.3, 0.4) is 0 Å². The first kappa shape index (κ1) is 140. The predicted octanol–water partition coefficient (Wildman–Crippen LogP) is 17.8. The summed E-state index contributed by atoms with van der Waals surface area (Å²) >= 11 is 0. The molecule has 0 unspecified atom stereocenters. The Morgan fingerprint density at radius 3 is 0.951 bits per heavy atom. The Morgan fingerprint density at radius 1 is 0.289 bits per heavy atom. The van der Waals surface area contributed by atoms with E-state index in [1.54, 1.807) is 146 Å². The second-order valence-electron chi connectivity index (χ2n) is 42.7. The monoisotopic (exact) mass is 2010 g/mol. The molecular formula is C105H154O37. The molecule has 0 aliphatic heterocycles. The number of ketones is 10. The molecule has 37 heteroatoms. The number of carbonyl (C=O) groups excluding carboxylic acids is 10. The normalized spacial score (nSPS) is 13.2. The highest BCUT2D eigenvalue weighted by molar-refractivity contribution is 6.08. The molecule has 12 N–H and O–H groups in total. The summed E-state index contributed by atoms with van der Waals surface area (Å²) in [6.07, 6.45) is 6.08. The summed E-state index contributed by atoms with van der Waals surface area (Å²) in [5, 5.41) is 102. The van der Waals surface area contributed by atoms with E-state index >= 15 is 0 Å². The summed E-state index contributed by atoms with van der Waals surface area (Å²) in [6, 6.07) is 18.4. The van der Waals surface area contributed by atoms with Gasteiger partial charge in [-0.15, -0.1) is 0 Å². The zero-order chi connectivity index (χ0) is 113. The number of aromatic carboxylic acids is 3. The van der Waals surface area contributed by atoms with Crippen molar-refractivity contribution < 1.29 is 181 Å². The average Bonchev–Trinajstić information content (AvgIpc) is 0.823. The first-order valence-corrected chi connectivity index (χ1v) is 45.2. The molecule has 3 aromatic rings. The van der Waals surface area contributed by atoms with Crippen molar-refractivity contribution in [2.45, 2.75) is 278 Å². The molecule has 0 heterocycles. The van der Waals surface area contributed by atoms with Crippen LogP contribution in [-0.2, 0) is 90.9 Å². The molecular weight excluding hydrogens is 1850 g/mol. The number of ether oxygens (including phenoxy) is 3. The SMILES string of the molecule is CC(C)(C)C(=O)/C=C/C(=O)O.CC(C)(C)C(=O)C/C(=C/C(=O)O)C(=O)O.CC(C)(C)C(=O)C/C(=C\C(=O)O)C(=O)O.CC(C)(C)C(=O)C1CCC(C(=O)O)CC1.CC(C)(C)C(=O)CCC(=O)O.CC(C)(C)C(=O)CCCC(=O)O.CC(C)(C)C(=O)COCCOCCOCC(=O)O.CC(C)(C)C(=O)c1ccc(C(=O)O)cc1.CC(C)(C)C(=O)c1cccc(C(=O)O)c1.CC(C)(C)C(=O)c1ccccc1C(=O)O. The maximum absolute atomic E-state index is 11.9. The molecule has 1 aliphatic carbocycles. The summed E-state index contributed by atoms with van der Waals surface area (Å²) in [5.41, 5.74) is -3.88. The van der Waals surface area contributed by atoms with Gasteiger partial charge in [0, 0.05) is 127 Å². The third kappa shape index (κ3) is 68.2. The minimum Gasteiger partial charge on any atom is -0.481 e. The van der Waals surface area contributed by atoms with Gasteiger partial charge >= 0.3 is 71.6 Å². The number of aliphatic carboxylic acids is 9. The van der Waals surface area contributed by atoms with Crippen LogP contribution in [0.15, 0.2) is 108 Å². The fourth-order valence-electron chi connectivity index (χ4n) is 10.1. The van der Waals surface area contributed by atoms with Crippen LogP contribution in [0.4, 0.5) is 0 Å². The standard InChI is InChI=1S/C12H22O6.C12H20O3.3C12H14O3.2C10H14O5.C9H16O3.C8H14O3.C8H12O3/c1-12(2,3)10(13)8-17-6-4-16-5-7-18-9-11(14)15;2*1-12(2,3)10(13)8-4-6-9(7-5-8)11(14)15;1-12(2,3)10(13)8-5-4-6-9(7-8)11(14)15;1-12(2,3)10(13)8-6-4-5-7-9(8)11(14)15;2*1-10(2,3)7(11)4-6(9(14)15)5-8(12)13;1-9(2,3)7(10)5-4-6-8(11)12;2*1-8(2,3)6(9)4-5-7(10)11/h4-9H2,1-3H3,(H,14,15);8-9H,4-7H2,1-3H3,(H,14,15);3*4-7H,1-3H3,(H,14,15);2*5H,4H2,1-3H3,(H,12,13)(H,14,15);4-6H2,1-3H3,(H,11,12);4-5H2,1-3H3,(H,10,11);4-5H,1-3H3,(H,10,11)/b;;;;;6-5+;6-5-;;;5-4+. The van der Waals surface area contributed by atoms with Gasteiger partial charge in [0.05, 0.1) is 66.6 Å². The zero-order valence-corrected chi connectivity index (χ0v) is 88.0. The van der Waals surface area contributed by atoms with E-state index in [9.17, 15) is 105 Å². The molecule has 0 saturated heterocycles. The van der Waals surface area contributed by atoms with E-state index in [2.05, 4.69) is 0 Å². The van der Waals surface area contributed by atoms with Crippen molar-refractivity contribution in [3.63, 3.8) is 0 Å². The summed E-state index contributed by atoms with van der Waals surface area (Å²) in [7, 11) is 0. The largest absolute Gasteiger partial charge is 0.481 e. The minimum absolute atomic E-state index is 0.0000926. The predicted molar refractivity (Wildman–Crippen MR) is 527 cm³/mol. The lowest BCUT2D eigenvalue weighted by molar-refractivity contribution is -0.145. The molecule has 796 valence electrons. The molecule has 0 bridgehead atoms. The molecule has 3 aromatic carbocycles. The van der Waals surface area contributed by atoms with Gasteiger partial charge in [0.1, 0.15) is 42.1 Å². The van der Waals surface area contributed by atoms with E-state index in [1.165, 1.54) is 30.3 Å². The van der Waals surface area contributed by atoms with Gasteiger partial charge in [-0.1, -0.05) is 250 Å². The number of rotatable bonds is 35. The number of allylic oxidation sites excluding steroid dienone is 1. The zero-order valence-electron chi connectivity index (χ0n) is 88.0. The van der Waals surface area contributed by atoms with E-state index in [1.807, 2.05) is 104 Å². The van der Waals surface area contributed by atoms with Crippen LogP contribution >= 0.6 is 0 Å². The van der Waals surface area contributed by atoms with Crippen LogP contribution in [0, 0.1) is 66.0 Å². The molecule has 1 aliphatic rings. The van der Waals surface area contributed by atoms with Gasteiger partial charge in [-0.05, 0) is 68.5 Å². The highest BCUT2D eigenvalue weighted by Gasteiger charge is 2.36. The molecule has 0 atom stereocenters. The van der Waals surface area contributed by atoms with Crippen LogP contribution in [0.5, 0.6) is 0 Å². The van der Waals surface area contributed by atoms with E-state index in [-0.39, 0.29) is 160 Å². The smallest absolute Gasteiger partial charge is 0.336 e. The number of hydrogen-bond donors (Lipinski definition) is 12. The van der Waals surface area contributed by atoms with Crippen molar-refractivity contribution in [2.24, 2.45) is 66.0 Å². The lowest BCUT2D eigenvalue weighted by Crippen LogP contribution is -2.32. The molecule has 0 radical (unpaired) electrons. The fraction of sp³-hybridized carbons (Fsp3) is 0.562. The van der Waals surface area contributed by atoms with Gasteiger partial charge in [-0.2, -0.15) is 0 Å². The molecule has 1 fully saturated rings. The second kappa shape index (κ2) is 64.5. The van der Waals surface area contributed by atoms with E-state index in [4.69, 9.17) is 75.5 Å². The maximum atomic E-state index is 11.9. The molecule has 0 aromatic heterocycles. The van der Waals surface area contributed by atoms with Crippen molar-refractivity contribution >= 4 is 129 Å². The first-order chi connectivity index (χ1) is 63.9. The Bertz CT molecular complexity index is 4800. The van der Waals surface area contributed by atoms with Gasteiger partial charge < -0.3 is 75.5 Å². The second-order valence-corrected chi connectivity index (χ2v) is 42.7. The highest BCUT2D eigenvalue weighted by Crippen LogP contribution is 2.35. The van der Waals surface area contributed by atoms with Crippen molar-refractivity contribution in [2.75, 3.05) is 39.6 Å². The molecule has 0 spiro atoms. The molecule has 142 heavy (non-hydrogen) atoms. The van der Waals surface area contributed by atoms with Crippen LogP contribution in [0.1, 0.15) is 340 Å². The third-order valence-corrected chi connectivity index (χ3v) is 19.1. The Hall–Kier alpha value is -12.9. The van der Waals surface area contributed by atoms with Gasteiger partial charge in [0.15, 0.2) is 28.9 Å². The van der Waals surface area contributed by atoms with Crippen molar-refractivity contribution in [1.29, 1.82) is 0 Å². The van der Waals surface area contributed by atoms with Crippen LogP contribution in [0.25, 0.3) is 0 Å². The Kier molecular flexibility index (Phi) is 63.5. The number of carboxylic acids is 12. The number of Topliss-reactive ketones (excluding diaryl/α,β-unsaturated/α-hetero) is 9. The molecule has 37 nitrogen and oxygen atoms in total. The van der Waals surface area contributed by atoms with Gasteiger partial charge in [0.2, 0.25) is 0 Å². The van der Waals surface area contributed by atoms with Crippen LogP contribution in [0.2, 0.25) is 0 Å². The lowest BCUT2D eigenvalue weighted by Gasteiger charge is -2.29. The van der Waals surface area contributed by atoms with E-state index in [0.717, 1.165) is 25.0 Å². The summed E-state index contributed by atoms with van der Waals surface area (Å²) in [4.78, 5) is 240. The number of hydrogen-bond acceptors (Lipinski definition) is 25. The maximum Gasteiger partial charge on any atom is 0.336 e. The summed E-state index contributed by atoms with van der Waals surface area (Å²) in [6.45, 7) is 54.5. The van der Waals surface area contributed by atoms with Crippen molar-refractivity contribution in [3.05, 3.63) is 142 Å². The van der Waals surface area contributed by atoms with Crippen LogP contribution < -0.4 is 0 Å². The van der Waals surface area contributed by atoms with E-state index in [0.29, 0.717) is 68.8 Å². The topological polar surface area (TPSA) is 646 Å². The Morgan fingerprint density at radius 2 is 0.634 bits per heavy atom. The molecule has 0 amide bonds. The first-order valence-electron chi connectivity index (χ1n) is 45.2. The number of carboxylic acid groups (broad SMARTS) is 12. The van der Waals surface area contributed by atoms with Gasteiger partial charge in [-0.25, -0.2) is 43.2 Å². The van der Waals surface area contributed by atoms with Gasteiger partial charge in [-0.3, -0.25) is 62.3 Å². The lowest BCUT2D eigenvalue weighted by atomic mass is 9.73.